The fourth-order valence-corrected chi connectivity index (χ4v) is 5.19. The second-order valence-corrected chi connectivity index (χ2v) is 10.1. The number of hydrogen-bond donors (Lipinski definition) is 0. The SMILES string of the molecule is CC(C)Sc1cccc(C(=O)N(Cc2ccccn2)c2nc3c(Cl)cccc3s2)c1. The fraction of sp³-hybridized carbons (Fsp3) is 0.174. The van der Waals surface area contributed by atoms with E-state index in [0.717, 1.165) is 15.3 Å². The average molecular weight is 454 g/mol. The molecule has 4 rings (SSSR count). The van der Waals surface area contributed by atoms with Gasteiger partial charge in [-0.3, -0.25) is 14.7 Å². The maximum atomic E-state index is 13.6. The molecule has 0 aliphatic carbocycles. The van der Waals surface area contributed by atoms with Crippen molar-refractivity contribution in [1.29, 1.82) is 0 Å². The number of amides is 1. The van der Waals surface area contributed by atoms with E-state index in [1.165, 1.54) is 11.3 Å². The molecule has 4 nitrogen and oxygen atoms in total. The van der Waals surface area contributed by atoms with Crippen molar-refractivity contribution in [1.82, 2.24) is 9.97 Å². The van der Waals surface area contributed by atoms with Crippen molar-refractivity contribution in [2.24, 2.45) is 0 Å². The third-order valence-corrected chi connectivity index (χ3v) is 6.68. The molecule has 0 N–H and O–H groups in total. The predicted octanol–water partition coefficient (Wildman–Crippen LogP) is 6.69. The Labute approximate surface area is 188 Å². The van der Waals surface area contributed by atoms with Crippen molar-refractivity contribution in [3.63, 3.8) is 0 Å². The zero-order chi connectivity index (χ0) is 21.1. The van der Waals surface area contributed by atoms with Crippen LogP contribution in [-0.4, -0.2) is 21.1 Å². The van der Waals surface area contributed by atoms with E-state index in [4.69, 9.17) is 11.6 Å². The summed E-state index contributed by atoms with van der Waals surface area (Å²) in [5, 5.41) is 1.62. The summed E-state index contributed by atoms with van der Waals surface area (Å²) in [6, 6.07) is 19.1. The molecule has 1 amide bonds. The molecular weight excluding hydrogens is 434 g/mol. The first-order valence-corrected chi connectivity index (χ1v) is 11.6. The number of fused-ring (bicyclic) bond motifs is 1. The quantitative estimate of drug-likeness (QED) is 0.305. The molecule has 0 aliphatic rings. The monoisotopic (exact) mass is 453 g/mol. The minimum atomic E-state index is -0.109. The van der Waals surface area contributed by atoms with E-state index in [9.17, 15) is 4.79 Å². The Kier molecular flexibility index (Phi) is 6.37. The van der Waals surface area contributed by atoms with Crippen LogP contribution in [0.15, 0.2) is 71.8 Å². The van der Waals surface area contributed by atoms with Crippen LogP contribution >= 0.6 is 34.7 Å². The molecule has 0 saturated carbocycles. The zero-order valence-corrected chi connectivity index (χ0v) is 19.0. The van der Waals surface area contributed by atoms with Crippen LogP contribution in [0.25, 0.3) is 10.2 Å². The molecule has 7 heteroatoms. The number of halogens is 1. The normalized spacial score (nSPS) is 11.2. The third-order valence-electron chi connectivity index (χ3n) is 4.33. The Morgan fingerprint density at radius 3 is 2.70 bits per heavy atom. The third kappa shape index (κ3) is 4.67. The molecule has 30 heavy (non-hydrogen) atoms. The molecule has 4 aromatic rings. The summed E-state index contributed by atoms with van der Waals surface area (Å²) in [4.78, 5) is 25.4. The summed E-state index contributed by atoms with van der Waals surface area (Å²) in [5.74, 6) is -0.109. The van der Waals surface area contributed by atoms with Gasteiger partial charge in [0.15, 0.2) is 5.13 Å². The molecule has 2 aromatic heterocycles. The number of pyridine rings is 1. The van der Waals surface area contributed by atoms with Gasteiger partial charge in [-0.05, 0) is 42.5 Å². The van der Waals surface area contributed by atoms with Crippen LogP contribution in [0.4, 0.5) is 5.13 Å². The first-order valence-electron chi connectivity index (χ1n) is 9.55. The molecular formula is C23H20ClN3OS2. The highest BCUT2D eigenvalue weighted by atomic mass is 35.5. The van der Waals surface area contributed by atoms with Gasteiger partial charge >= 0.3 is 0 Å². The fourth-order valence-electron chi connectivity index (χ4n) is 3.03. The summed E-state index contributed by atoms with van der Waals surface area (Å²) >= 11 is 9.51. The van der Waals surface area contributed by atoms with Crippen molar-refractivity contribution < 1.29 is 4.79 Å². The lowest BCUT2D eigenvalue weighted by atomic mass is 10.2. The molecule has 2 aromatic carbocycles. The van der Waals surface area contributed by atoms with Crippen molar-refractivity contribution in [2.45, 2.75) is 30.5 Å². The van der Waals surface area contributed by atoms with Gasteiger partial charge in [0.2, 0.25) is 0 Å². The second-order valence-electron chi connectivity index (χ2n) is 6.99. The van der Waals surface area contributed by atoms with Gasteiger partial charge < -0.3 is 0 Å². The molecule has 0 atom stereocenters. The highest BCUT2D eigenvalue weighted by molar-refractivity contribution is 7.99. The van der Waals surface area contributed by atoms with Crippen LogP contribution in [0.5, 0.6) is 0 Å². The number of carbonyl (C=O) groups is 1. The number of thiazole rings is 1. The summed E-state index contributed by atoms with van der Waals surface area (Å²) < 4.78 is 0.945. The number of anilines is 1. The highest BCUT2D eigenvalue weighted by Gasteiger charge is 2.23. The molecule has 0 fully saturated rings. The predicted molar refractivity (Wildman–Crippen MR) is 127 cm³/mol. The number of benzene rings is 2. The van der Waals surface area contributed by atoms with Crippen molar-refractivity contribution in [3.05, 3.63) is 83.1 Å². The lowest BCUT2D eigenvalue weighted by Gasteiger charge is -2.20. The van der Waals surface area contributed by atoms with Gasteiger partial charge in [-0.2, -0.15) is 0 Å². The topological polar surface area (TPSA) is 46.1 Å². The molecule has 0 saturated heterocycles. The number of para-hydroxylation sites is 1. The molecule has 0 aliphatic heterocycles. The number of carbonyl (C=O) groups excluding carboxylic acids is 1. The van der Waals surface area contributed by atoms with Gasteiger partial charge in [-0.15, -0.1) is 11.8 Å². The van der Waals surface area contributed by atoms with Crippen LogP contribution in [0, 0.1) is 0 Å². The molecule has 0 bridgehead atoms. The zero-order valence-electron chi connectivity index (χ0n) is 16.6. The summed E-state index contributed by atoms with van der Waals surface area (Å²) in [6.07, 6.45) is 1.73. The number of hydrogen-bond acceptors (Lipinski definition) is 5. The Morgan fingerprint density at radius 2 is 1.97 bits per heavy atom. The Balaban J connectivity index is 1.74. The highest BCUT2D eigenvalue weighted by Crippen LogP contribution is 2.34. The minimum Gasteiger partial charge on any atom is -0.278 e. The van der Waals surface area contributed by atoms with Crippen LogP contribution in [0.1, 0.15) is 29.9 Å². The van der Waals surface area contributed by atoms with Gasteiger partial charge in [0.05, 0.1) is 22.0 Å². The van der Waals surface area contributed by atoms with E-state index in [-0.39, 0.29) is 5.91 Å². The molecule has 2 heterocycles. The largest absolute Gasteiger partial charge is 0.278 e. The van der Waals surface area contributed by atoms with Gasteiger partial charge in [0.25, 0.3) is 5.91 Å². The van der Waals surface area contributed by atoms with Crippen molar-refractivity contribution in [3.8, 4) is 0 Å². The minimum absolute atomic E-state index is 0.109. The molecule has 0 unspecified atom stereocenters. The summed E-state index contributed by atoms with van der Waals surface area (Å²) in [5.41, 5.74) is 2.13. The van der Waals surface area contributed by atoms with Gasteiger partial charge in [0.1, 0.15) is 5.52 Å². The van der Waals surface area contributed by atoms with E-state index in [0.29, 0.717) is 33.0 Å². The smallest absolute Gasteiger partial charge is 0.260 e. The summed E-state index contributed by atoms with van der Waals surface area (Å²) in [7, 11) is 0. The van der Waals surface area contributed by atoms with Crippen LogP contribution in [0.3, 0.4) is 0 Å². The van der Waals surface area contributed by atoms with Crippen molar-refractivity contribution in [2.75, 3.05) is 4.90 Å². The first-order chi connectivity index (χ1) is 14.5. The Hall–Kier alpha value is -2.41. The van der Waals surface area contributed by atoms with Crippen LogP contribution in [-0.2, 0) is 6.54 Å². The van der Waals surface area contributed by atoms with E-state index in [2.05, 4.69) is 23.8 Å². The lowest BCUT2D eigenvalue weighted by molar-refractivity contribution is 0.0984. The number of thioether (sulfide) groups is 1. The van der Waals surface area contributed by atoms with Crippen LogP contribution in [0.2, 0.25) is 5.02 Å². The van der Waals surface area contributed by atoms with Gasteiger partial charge in [-0.25, -0.2) is 4.98 Å². The van der Waals surface area contributed by atoms with E-state index in [1.807, 2.05) is 60.7 Å². The summed E-state index contributed by atoms with van der Waals surface area (Å²) in [6.45, 7) is 4.60. The maximum absolute atomic E-state index is 13.6. The standard InChI is InChI=1S/C23H20ClN3OS2/c1-15(2)29-18-9-5-7-16(13-18)22(28)27(14-17-8-3-4-12-25-17)23-26-21-19(24)10-6-11-20(21)30-23/h3-13,15H,14H2,1-2H3. The van der Waals surface area contributed by atoms with Gasteiger partial charge in [0, 0.05) is 21.9 Å². The molecule has 152 valence electrons. The van der Waals surface area contributed by atoms with E-state index in [1.54, 1.807) is 22.9 Å². The molecule has 0 spiro atoms. The van der Waals surface area contributed by atoms with E-state index >= 15 is 0 Å². The van der Waals surface area contributed by atoms with E-state index < -0.39 is 0 Å². The lowest BCUT2D eigenvalue weighted by Crippen LogP contribution is -2.30. The first kappa shape index (κ1) is 20.8. The molecule has 0 radical (unpaired) electrons. The number of rotatable bonds is 6. The Bertz CT molecular complexity index is 1180. The second kappa shape index (κ2) is 9.16. The van der Waals surface area contributed by atoms with Crippen LogP contribution < -0.4 is 4.90 Å². The van der Waals surface area contributed by atoms with Crippen molar-refractivity contribution >= 4 is 56.0 Å². The number of aromatic nitrogens is 2. The average Bonchev–Trinajstić information content (AvgIpc) is 3.17. The maximum Gasteiger partial charge on any atom is 0.260 e. The van der Waals surface area contributed by atoms with Gasteiger partial charge in [-0.1, -0.05) is 55.0 Å². The Morgan fingerprint density at radius 1 is 1.13 bits per heavy atom. The number of nitrogens with zero attached hydrogens (tertiary/aromatic N) is 3.